The SMILES string of the molecule is c1ccc2c(c1)oc1cc(-n3c4ccccc4c4cc5c(cc43)c3cccc4c6ccccc6n5c43)ccc12. The van der Waals surface area contributed by atoms with E-state index in [1.54, 1.807) is 0 Å². The first kappa shape index (κ1) is 19.8. The first-order valence-corrected chi connectivity index (χ1v) is 13.4. The summed E-state index contributed by atoms with van der Waals surface area (Å²) in [5.74, 6) is 0. The standard InChI is InChI=1S/C36H20N2O/c1-5-14-31-22(8-1)26-11-7-12-27-29-20-32-28(19-33(29)38(31)36(26)27)23-9-2-4-13-30(23)37(32)21-16-17-25-24-10-3-6-15-34(24)39-35(25)18-21/h1-20H. The van der Waals surface area contributed by atoms with Crippen molar-refractivity contribution in [2.75, 3.05) is 0 Å². The number of benzene rings is 6. The molecule has 0 N–H and O–H groups in total. The first-order valence-electron chi connectivity index (χ1n) is 13.4. The molecular weight excluding hydrogens is 476 g/mol. The average molecular weight is 497 g/mol. The van der Waals surface area contributed by atoms with Gasteiger partial charge in [-0.05, 0) is 42.5 Å². The quantitative estimate of drug-likeness (QED) is 0.222. The molecule has 0 radical (unpaired) electrons. The van der Waals surface area contributed by atoms with E-state index in [0.29, 0.717) is 0 Å². The largest absolute Gasteiger partial charge is 0.456 e. The molecule has 0 amide bonds. The third-order valence-electron chi connectivity index (χ3n) is 8.64. The minimum Gasteiger partial charge on any atom is -0.456 e. The molecule has 10 aromatic rings. The number of hydrogen-bond acceptors (Lipinski definition) is 1. The van der Waals surface area contributed by atoms with Crippen LogP contribution in [0, 0.1) is 0 Å². The van der Waals surface area contributed by atoms with Crippen LogP contribution in [0.4, 0.5) is 0 Å². The molecule has 0 fully saturated rings. The fraction of sp³-hybridized carbons (Fsp3) is 0. The molecule has 10 rings (SSSR count). The zero-order chi connectivity index (χ0) is 25.2. The second-order valence-corrected chi connectivity index (χ2v) is 10.6. The minimum absolute atomic E-state index is 0.910. The van der Waals surface area contributed by atoms with Crippen LogP contribution in [0.25, 0.3) is 87.5 Å². The number of fused-ring (bicyclic) bond motifs is 12. The van der Waals surface area contributed by atoms with Gasteiger partial charge in [0.25, 0.3) is 0 Å². The van der Waals surface area contributed by atoms with Crippen LogP contribution in [0.2, 0.25) is 0 Å². The van der Waals surface area contributed by atoms with Gasteiger partial charge in [-0.2, -0.15) is 0 Å². The Labute approximate surface area is 222 Å². The maximum absolute atomic E-state index is 6.28. The van der Waals surface area contributed by atoms with E-state index in [-0.39, 0.29) is 0 Å². The summed E-state index contributed by atoms with van der Waals surface area (Å²) in [6, 6.07) is 43.9. The van der Waals surface area contributed by atoms with Crippen molar-refractivity contribution < 1.29 is 4.42 Å². The van der Waals surface area contributed by atoms with Crippen LogP contribution in [-0.4, -0.2) is 8.97 Å². The van der Waals surface area contributed by atoms with E-state index in [1.807, 2.05) is 12.1 Å². The molecule has 0 spiro atoms. The summed E-state index contributed by atoms with van der Waals surface area (Å²) in [5, 5.41) is 10.0. The minimum atomic E-state index is 0.910. The average Bonchev–Trinajstić information content (AvgIpc) is 3.71. The number of rotatable bonds is 1. The van der Waals surface area contributed by atoms with Crippen LogP contribution in [0.5, 0.6) is 0 Å². The van der Waals surface area contributed by atoms with Crippen LogP contribution in [0.15, 0.2) is 126 Å². The van der Waals surface area contributed by atoms with Gasteiger partial charge in [0.15, 0.2) is 0 Å². The number of furan rings is 1. The highest BCUT2D eigenvalue weighted by molar-refractivity contribution is 6.26. The van der Waals surface area contributed by atoms with Crippen LogP contribution < -0.4 is 0 Å². The van der Waals surface area contributed by atoms with E-state index in [0.717, 1.165) is 27.6 Å². The summed E-state index contributed by atoms with van der Waals surface area (Å²) in [5.41, 5.74) is 9.16. The maximum Gasteiger partial charge on any atom is 0.137 e. The van der Waals surface area contributed by atoms with Gasteiger partial charge in [-0.15, -0.1) is 0 Å². The molecule has 0 unspecified atom stereocenters. The van der Waals surface area contributed by atoms with Gasteiger partial charge in [-0.25, -0.2) is 0 Å². The van der Waals surface area contributed by atoms with Crippen molar-refractivity contribution >= 4 is 81.8 Å². The molecule has 0 aliphatic carbocycles. The van der Waals surface area contributed by atoms with Crippen molar-refractivity contribution in [3.8, 4) is 5.69 Å². The Hall–Kier alpha value is -5.28. The zero-order valence-electron chi connectivity index (χ0n) is 20.8. The van der Waals surface area contributed by atoms with Crippen LogP contribution in [0.1, 0.15) is 0 Å². The molecule has 3 nitrogen and oxygen atoms in total. The Morgan fingerprint density at radius 3 is 1.87 bits per heavy atom. The van der Waals surface area contributed by atoms with Gasteiger partial charge >= 0.3 is 0 Å². The second-order valence-electron chi connectivity index (χ2n) is 10.6. The van der Waals surface area contributed by atoms with Gasteiger partial charge < -0.3 is 13.4 Å². The molecule has 4 heterocycles. The van der Waals surface area contributed by atoms with Crippen LogP contribution in [0.3, 0.4) is 0 Å². The smallest absolute Gasteiger partial charge is 0.137 e. The molecule has 0 saturated heterocycles. The lowest BCUT2D eigenvalue weighted by atomic mass is 10.1. The molecule has 0 saturated carbocycles. The summed E-state index contributed by atoms with van der Waals surface area (Å²) < 4.78 is 11.1. The lowest BCUT2D eigenvalue weighted by molar-refractivity contribution is 0.668. The number of hydrogen-bond donors (Lipinski definition) is 0. The molecule has 6 aromatic carbocycles. The molecule has 0 atom stereocenters. The summed E-state index contributed by atoms with van der Waals surface area (Å²) in [6.45, 7) is 0. The van der Waals surface area contributed by atoms with Crippen LogP contribution in [-0.2, 0) is 0 Å². The van der Waals surface area contributed by atoms with Gasteiger partial charge in [-0.1, -0.05) is 72.8 Å². The Morgan fingerprint density at radius 2 is 1.00 bits per heavy atom. The molecule has 4 aromatic heterocycles. The third kappa shape index (κ3) is 2.35. The predicted molar refractivity (Wildman–Crippen MR) is 163 cm³/mol. The van der Waals surface area contributed by atoms with Crippen molar-refractivity contribution in [1.82, 2.24) is 8.97 Å². The van der Waals surface area contributed by atoms with Crippen molar-refractivity contribution in [2.24, 2.45) is 0 Å². The molecular formula is C36H20N2O. The lowest BCUT2D eigenvalue weighted by Gasteiger charge is -2.08. The summed E-state index contributed by atoms with van der Waals surface area (Å²) in [7, 11) is 0. The van der Waals surface area contributed by atoms with Crippen molar-refractivity contribution in [3.63, 3.8) is 0 Å². The van der Waals surface area contributed by atoms with Crippen molar-refractivity contribution in [2.45, 2.75) is 0 Å². The lowest BCUT2D eigenvalue weighted by Crippen LogP contribution is -1.93. The van der Waals surface area contributed by atoms with Gasteiger partial charge in [0.1, 0.15) is 11.2 Å². The molecule has 39 heavy (non-hydrogen) atoms. The molecule has 0 aliphatic heterocycles. The highest BCUT2D eigenvalue weighted by atomic mass is 16.3. The summed E-state index contributed by atoms with van der Waals surface area (Å²) in [4.78, 5) is 0. The van der Waals surface area contributed by atoms with Gasteiger partial charge in [0, 0.05) is 54.8 Å². The topological polar surface area (TPSA) is 22.5 Å². The molecule has 180 valence electrons. The monoisotopic (exact) mass is 496 g/mol. The normalized spacial score (nSPS) is 12.6. The van der Waals surface area contributed by atoms with E-state index in [4.69, 9.17) is 4.42 Å². The van der Waals surface area contributed by atoms with E-state index in [2.05, 4.69) is 118 Å². The highest BCUT2D eigenvalue weighted by Gasteiger charge is 2.20. The zero-order valence-corrected chi connectivity index (χ0v) is 20.8. The van der Waals surface area contributed by atoms with E-state index in [1.165, 1.54) is 59.9 Å². The fourth-order valence-electron chi connectivity index (χ4n) is 7.02. The number of aromatic nitrogens is 2. The highest BCUT2D eigenvalue weighted by Crippen LogP contribution is 2.43. The van der Waals surface area contributed by atoms with Crippen LogP contribution >= 0.6 is 0 Å². The molecule has 0 aliphatic rings. The molecule has 3 heteroatoms. The summed E-state index contributed by atoms with van der Waals surface area (Å²) in [6.07, 6.45) is 0. The van der Waals surface area contributed by atoms with E-state index in [9.17, 15) is 0 Å². The van der Waals surface area contributed by atoms with Crippen molar-refractivity contribution in [1.29, 1.82) is 0 Å². The van der Waals surface area contributed by atoms with E-state index < -0.39 is 0 Å². The Kier molecular flexibility index (Phi) is 3.44. The van der Waals surface area contributed by atoms with Gasteiger partial charge in [0.2, 0.25) is 0 Å². The Bertz CT molecular complexity index is 2610. The fourth-order valence-corrected chi connectivity index (χ4v) is 7.02. The van der Waals surface area contributed by atoms with Gasteiger partial charge in [0.05, 0.1) is 27.6 Å². The Morgan fingerprint density at radius 1 is 0.385 bits per heavy atom. The Balaban J connectivity index is 1.37. The third-order valence-corrected chi connectivity index (χ3v) is 8.64. The second kappa shape index (κ2) is 6.77. The summed E-state index contributed by atoms with van der Waals surface area (Å²) >= 11 is 0. The van der Waals surface area contributed by atoms with E-state index >= 15 is 0 Å². The first-order chi connectivity index (χ1) is 19.3. The predicted octanol–water partition coefficient (Wildman–Crippen LogP) is 9.83. The number of nitrogens with zero attached hydrogens (tertiary/aromatic N) is 2. The molecule has 0 bridgehead atoms. The van der Waals surface area contributed by atoms with Crippen molar-refractivity contribution in [3.05, 3.63) is 121 Å². The maximum atomic E-state index is 6.28. The number of para-hydroxylation sites is 4. The van der Waals surface area contributed by atoms with Gasteiger partial charge in [-0.3, -0.25) is 0 Å².